The van der Waals surface area contributed by atoms with Crippen molar-refractivity contribution in [2.45, 2.75) is 33.6 Å². The fourth-order valence-electron chi connectivity index (χ4n) is 2.34. The molecule has 0 radical (unpaired) electrons. The van der Waals surface area contributed by atoms with Crippen LogP contribution in [0.15, 0.2) is 121 Å². The van der Waals surface area contributed by atoms with Crippen molar-refractivity contribution < 1.29 is 17.9 Å². The second kappa shape index (κ2) is 14.1. The van der Waals surface area contributed by atoms with E-state index in [1.54, 1.807) is 0 Å². The molecule has 0 amide bonds. The molecular weight excluding hydrogens is 409 g/mol. The average molecular weight is 445 g/mol. The van der Waals surface area contributed by atoms with Crippen LogP contribution in [-0.4, -0.2) is 6.61 Å². The Balaban J connectivity index is 5.17. The van der Waals surface area contributed by atoms with Crippen molar-refractivity contribution in [3.63, 3.8) is 0 Å². The van der Waals surface area contributed by atoms with Crippen molar-refractivity contribution in [2.24, 2.45) is 11.8 Å². The molecule has 1 nitrogen and oxygen atoms in total. The van der Waals surface area contributed by atoms with Crippen LogP contribution in [0.2, 0.25) is 0 Å². The van der Waals surface area contributed by atoms with Crippen LogP contribution in [0, 0.1) is 11.8 Å². The Kier molecular flexibility index (Phi) is 12.8. The largest absolute Gasteiger partial charge is 0.487 e. The third kappa shape index (κ3) is 9.86. The summed E-state index contributed by atoms with van der Waals surface area (Å²) >= 11 is 0. The molecule has 32 heavy (non-hydrogen) atoms. The van der Waals surface area contributed by atoms with Crippen molar-refractivity contribution in [1.29, 1.82) is 0 Å². The van der Waals surface area contributed by atoms with E-state index in [0.29, 0.717) is 11.5 Å². The van der Waals surface area contributed by atoms with Crippen LogP contribution in [-0.2, 0) is 4.74 Å². The number of rotatable bonds is 15. The molecule has 0 heterocycles. The van der Waals surface area contributed by atoms with Crippen molar-refractivity contribution in [1.82, 2.24) is 0 Å². The molecule has 0 bridgehead atoms. The molecule has 4 heteroatoms. The van der Waals surface area contributed by atoms with Crippen LogP contribution in [0.1, 0.15) is 33.6 Å². The van der Waals surface area contributed by atoms with E-state index in [-0.39, 0.29) is 34.8 Å². The monoisotopic (exact) mass is 444 g/mol. The van der Waals surface area contributed by atoms with Gasteiger partial charge in [0.15, 0.2) is 11.6 Å². The number of ether oxygens (including phenoxy) is 1. The minimum Gasteiger partial charge on any atom is -0.487 e. The summed E-state index contributed by atoms with van der Waals surface area (Å²) in [5.74, 6) is -2.87. The molecule has 1 atom stereocenters. The Morgan fingerprint density at radius 2 is 1.34 bits per heavy atom. The number of hydrogen-bond donors (Lipinski definition) is 0. The topological polar surface area (TPSA) is 9.23 Å². The Hall–Kier alpha value is -3.01. The lowest BCUT2D eigenvalue weighted by Gasteiger charge is -2.14. The van der Waals surface area contributed by atoms with E-state index in [4.69, 9.17) is 4.74 Å². The summed E-state index contributed by atoms with van der Waals surface area (Å²) in [4.78, 5) is 0. The normalized spacial score (nSPS) is 13.4. The summed E-state index contributed by atoms with van der Waals surface area (Å²) in [5.41, 5.74) is 0.743. The molecule has 0 fully saturated rings. The van der Waals surface area contributed by atoms with Crippen LogP contribution >= 0.6 is 0 Å². The van der Waals surface area contributed by atoms with E-state index in [0.717, 1.165) is 12.8 Å². The summed E-state index contributed by atoms with van der Waals surface area (Å²) < 4.78 is 47.8. The molecule has 0 aromatic rings. The van der Waals surface area contributed by atoms with Crippen LogP contribution in [0.4, 0.5) is 13.2 Å². The SMILES string of the molecule is C=CCOC(=C)/C(F)=C(/F)C(=C)C(=C)/C=C\C(=C)C(=C)/C(F)=C\C(=C)C(C)CCC(C)C. The quantitative estimate of drug-likeness (QED) is 0.139. The molecule has 1 unspecified atom stereocenters. The van der Waals surface area contributed by atoms with Gasteiger partial charge in [-0.2, -0.15) is 4.39 Å². The van der Waals surface area contributed by atoms with Gasteiger partial charge in [-0.3, -0.25) is 0 Å². The molecule has 0 aromatic heterocycles. The van der Waals surface area contributed by atoms with E-state index in [1.165, 1.54) is 24.3 Å². The maximum atomic E-state index is 14.6. The first-order valence-electron chi connectivity index (χ1n) is 10.3. The maximum absolute atomic E-state index is 14.6. The Morgan fingerprint density at radius 3 is 1.84 bits per heavy atom. The van der Waals surface area contributed by atoms with Gasteiger partial charge in [0.1, 0.15) is 12.4 Å². The van der Waals surface area contributed by atoms with Gasteiger partial charge in [0.2, 0.25) is 5.83 Å². The summed E-state index contributed by atoms with van der Waals surface area (Å²) in [6, 6.07) is 0. The van der Waals surface area contributed by atoms with E-state index in [2.05, 4.69) is 59.9 Å². The fourth-order valence-corrected chi connectivity index (χ4v) is 2.34. The minimum atomic E-state index is -1.28. The zero-order valence-corrected chi connectivity index (χ0v) is 19.6. The molecule has 0 aliphatic rings. The third-order valence-electron chi connectivity index (χ3n) is 4.75. The Bertz CT molecular complexity index is 878. The van der Waals surface area contributed by atoms with Gasteiger partial charge in [0.25, 0.3) is 0 Å². The summed E-state index contributed by atoms with van der Waals surface area (Å²) in [7, 11) is 0. The molecule has 0 N–H and O–H groups in total. The average Bonchev–Trinajstić information content (AvgIpc) is 2.76. The zero-order valence-electron chi connectivity index (χ0n) is 19.6. The maximum Gasteiger partial charge on any atom is 0.200 e. The van der Waals surface area contributed by atoms with Gasteiger partial charge in [0.05, 0.1) is 0 Å². The minimum absolute atomic E-state index is 0.0171. The highest BCUT2D eigenvalue weighted by Gasteiger charge is 2.16. The highest BCUT2D eigenvalue weighted by molar-refractivity contribution is 5.53. The first-order chi connectivity index (χ1) is 14.8. The summed E-state index contributed by atoms with van der Waals surface area (Å²) in [5, 5.41) is 0. The van der Waals surface area contributed by atoms with Gasteiger partial charge in [-0.15, -0.1) is 0 Å². The van der Waals surface area contributed by atoms with Gasteiger partial charge >= 0.3 is 0 Å². The lowest BCUT2D eigenvalue weighted by atomic mass is 9.92. The van der Waals surface area contributed by atoms with Crippen molar-refractivity contribution >= 4 is 0 Å². The first-order valence-corrected chi connectivity index (χ1v) is 10.3. The van der Waals surface area contributed by atoms with Gasteiger partial charge in [-0.1, -0.05) is 91.5 Å². The third-order valence-corrected chi connectivity index (χ3v) is 4.75. The van der Waals surface area contributed by atoms with Crippen LogP contribution < -0.4 is 0 Å². The van der Waals surface area contributed by atoms with E-state index in [1.807, 2.05) is 6.92 Å². The number of allylic oxidation sites excluding steroid dienone is 11. The highest BCUT2D eigenvalue weighted by Crippen LogP contribution is 2.28. The van der Waals surface area contributed by atoms with E-state index in [9.17, 15) is 13.2 Å². The molecule has 0 saturated carbocycles. The molecule has 0 rings (SSSR count). The molecule has 0 saturated heterocycles. The molecule has 0 aliphatic heterocycles. The van der Waals surface area contributed by atoms with Gasteiger partial charge in [-0.05, 0) is 41.1 Å². The first kappa shape index (κ1) is 29.0. The van der Waals surface area contributed by atoms with Gasteiger partial charge < -0.3 is 4.74 Å². The van der Waals surface area contributed by atoms with Crippen molar-refractivity contribution in [2.75, 3.05) is 6.61 Å². The Morgan fingerprint density at radius 1 is 0.812 bits per heavy atom. The van der Waals surface area contributed by atoms with Crippen molar-refractivity contribution in [3.8, 4) is 0 Å². The molecule has 0 aromatic carbocycles. The van der Waals surface area contributed by atoms with Gasteiger partial charge in [-0.25, -0.2) is 8.78 Å². The number of hydrogen-bond acceptors (Lipinski definition) is 1. The van der Waals surface area contributed by atoms with Crippen LogP contribution in [0.25, 0.3) is 0 Å². The molecule has 0 spiro atoms. The molecular formula is C28H35F3O. The predicted molar refractivity (Wildman–Crippen MR) is 132 cm³/mol. The van der Waals surface area contributed by atoms with Crippen LogP contribution in [0.3, 0.4) is 0 Å². The Labute approximate surface area is 191 Å². The van der Waals surface area contributed by atoms with Gasteiger partial charge in [0, 0.05) is 11.1 Å². The second-order valence-electron chi connectivity index (χ2n) is 7.93. The second-order valence-corrected chi connectivity index (χ2v) is 7.93. The van der Waals surface area contributed by atoms with Crippen LogP contribution in [0.5, 0.6) is 0 Å². The van der Waals surface area contributed by atoms with E-state index < -0.39 is 23.2 Å². The van der Waals surface area contributed by atoms with Crippen molar-refractivity contribution in [3.05, 3.63) is 121 Å². The number of halogens is 3. The predicted octanol–water partition coefficient (Wildman–Crippen LogP) is 9.12. The highest BCUT2D eigenvalue weighted by atomic mass is 19.2. The summed E-state index contributed by atoms with van der Waals surface area (Å²) in [6.07, 6.45) is 7.42. The fraction of sp³-hybridized carbons (Fsp3) is 0.286. The lowest BCUT2D eigenvalue weighted by Crippen LogP contribution is -2.00. The molecule has 174 valence electrons. The zero-order chi connectivity index (χ0) is 25.0. The summed E-state index contributed by atoms with van der Waals surface area (Å²) in [6.45, 7) is 31.6. The molecule has 0 aliphatic carbocycles. The smallest absolute Gasteiger partial charge is 0.200 e. The lowest BCUT2D eigenvalue weighted by molar-refractivity contribution is 0.241. The standard InChI is InChI=1S/C28H35F3O/c1-11-16-32-25(10)28(31)27(30)24(9)21(6)15-14-20(5)23(8)26(29)17-22(7)19(4)13-12-18(2)3/h11,14-15,17-19H,1,5-10,12-13,16H2,2-4H3/b15-14-,26-17+,28-27-. The van der Waals surface area contributed by atoms with E-state index >= 15 is 0 Å².